The van der Waals surface area contributed by atoms with E-state index in [1.807, 2.05) is 12.4 Å². The van der Waals surface area contributed by atoms with Gasteiger partial charge in [0.05, 0.1) is 0 Å². The van der Waals surface area contributed by atoms with Gasteiger partial charge in [-0.1, -0.05) is 6.92 Å². The number of nitrogens with one attached hydrogen (secondary N) is 1. The maximum atomic E-state index is 4.40. The number of nitrogens with zero attached hydrogens (tertiary/aromatic N) is 3. The highest BCUT2D eigenvalue weighted by atomic mass is 15.3. The van der Waals surface area contributed by atoms with Crippen molar-refractivity contribution in [2.24, 2.45) is 13.0 Å². The van der Waals surface area contributed by atoms with Crippen LogP contribution in [-0.4, -0.2) is 35.7 Å². The van der Waals surface area contributed by atoms with Gasteiger partial charge >= 0.3 is 0 Å². The van der Waals surface area contributed by atoms with Crippen molar-refractivity contribution in [2.45, 2.75) is 19.8 Å². The van der Waals surface area contributed by atoms with Gasteiger partial charge in [0.25, 0.3) is 0 Å². The van der Waals surface area contributed by atoms with Crippen LogP contribution in [0.1, 0.15) is 19.8 Å². The lowest BCUT2D eigenvalue weighted by Crippen LogP contribution is -2.38. The topological polar surface area (TPSA) is 33.1 Å². The number of piperidine rings is 1. The first-order chi connectivity index (χ1) is 7.81. The zero-order valence-electron chi connectivity index (χ0n) is 10.3. The molecule has 2 rings (SSSR count). The number of anilines is 1. The summed E-state index contributed by atoms with van der Waals surface area (Å²) in [6, 6.07) is 0. The van der Waals surface area contributed by atoms with E-state index in [9.17, 15) is 0 Å². The summed E-state index contributed by atoms with van der Waals surface area (Å²) in [5, 5.41) is 3.44. The fourth-order valence-electron chi connectivity index (χ4n) is 2.35. The van der Waals surface area contributed by atoms with Gasteiger partial charge < -0.3 is 14.8 Å². The third kappa shape index (κ3) is 2.55. The van der Waals surface area contributed by atoms with Gasteiger partial charge in [-0.2, -0.15) is 0 Å². The molecule has 0 bridgehead atoms. The Morgan fingerprint density at radius 1 is 1.44 bits per heavy atom. The van der Waals surface area contributed by atoms with E-state index in [2.05, 4.69) is 33.7 Å². The quantitative estimate of drug-likeness (QED) is 0.832. The van der Waals surface area contributed by atoms with Gasteiger partial charge in [0, 0.05) is 32.5 Å². The first kappa shape index (κ1) is 11.5. The smallest absolute Gasteiger partial charge is 0.205 e. The second kappa shape index (κ2) is 5.34. The van der Waals surface area contributed by atoms with E-state index in [4.69, 9.17) is 0 Å². The zero-order valence-corrected chi connectivity index (χ0v) is 10.3. The second-order valence-corrected chi connectivity index (χ2v) is 4.58. The van der Waals surface area contributed by atoms with E-state index in [0.29, 0.717) is 0 Å². The molecule has 4 heteroatoms. The van der Waals surface area contributed by atoms with Crippen molar-refractivity contribution in [1.29, 1.82) is 0 Å². The van der Waals surface area contributed by atoms with E-state index in [1.165, 1.54) is 19.4 Å². The van der Waals surface area contributed by atoms with Gasteiger partial charge in [0.15, 0.2) is 0 Å². The Labute approximate surface area is 97.7 Å². The highest BCUT2D eigenvalue weighted by Crippen LogP contribution is 2.20. The fourth-order valence-corrected chi connectivity index (χ4v) is 2.35. The standard InChI is InChI=1S/C12H22N4/c1-3-13-10-11-4-7-16(8-5-11)12-14-6-9-15(12)2/h6,9,11,13H,3-5,7-8,10H2,1-2H3. The van der Waals surface area contributed by atoms with Crippen molar-refractivity contribution in [3.63, 3.8) is 0 Å². The molecule has 90 valence electrons. The highest BCUT2D eigenvalue weighted by molar-refractivity contribution is 5.31. The zero-order chi connectivity index (χ0) is 11.4. The predicted molar refractivity (Wildman–Crippen MR) is 66.7 cm³/mol. The molecule has 1 aliphatic heterocycles. The molecule has 1 N–H and O–H groups in total. The second-order valence-electron chi connectivity index (χ2n) is 4.58. The van der Waals surface area contributed by atoms with Crippen molar-refractivity contribution < 1.29 is 0 Å². The van der Waals surface area contributed by atoms with E-state index in [-0.39, 0.29) is 0 Å². The first-order valence-corrected chi connectivity index (χ1v) is 6.24. The van der Waals surface area contributed by atoms with E-state index >= 15 is 0 Å². The summed E-state index contributed by atoms with van der Waals surface area (Å²) in [7, 11) is 2.06. The molecule has 0 radical (unpaired) electrons. The summed E-state index contributed by atoms with van der Waals surface area (Å²) in [4.78, 5) is 6.79. The molecule has 1 saturated heterocycles. The fraction of sp³-hybridized carbons (Fsp3) is 0.750. The summed E-state index contributed by atoms with van der Waals surface area (Å²) in [6.45, 7) is 6.70. The molecule has 1 aromatic rings. The minimum atomic E-state index is 0.844. The maximum absolute atomic E-state index is 4.40. The average Bonchev–Trinajstić information content (AvgIpc) is 2.74. The van der Waals surface area contributed by atoms with E-state index in [1.54, 1.807) is 0 Å². The molecule has 1 fully saturated rings. The molecule has 2 heterocycles. The van der Waals surface area contributed by atoms with Crippen LogP contribution in [0.5, 0.6) is 0 Å². The molecule has 0 spiro atoms. The van der Waals surface area contributed by atoms with Crippen LogP contribution in [-0.2, 0) is 7.05 Å². The summed E-state index contributed by atoms with van der Waals surface area (Å²) in [5.41, 5.74) is 0. The lowest BCUT2D eigenvalue weighted by atomic mass is 9.97. The van der Waals surface area contributed by atoms with Crippen molar-refractivity contribution in [3.8, 4) is 0 Å². The third-order valence-electron chi connectivity index (χ3n) is 3.38. The summed E-state index contributed by atoms with van der Waals surface area (Å²) in [6.07, 6.45) is 6.44. The van der Waals surface area contributed by atoms with Crippen LogP contribution in [0.15, 0.2) is 12.4 Å². The molecule has 0 saturated carbocycles. The number of hydrogen-bond acceptors (Lipinski definition) is 3. The average molecular weight is 222 g/mol. The van der Waals surface area contributed by atoms with Gasteiger partial charge in [0.1, 0.15) is 0 Å². The summed E-state index contributed by atoms with van der Waals surface area (Å²) < 4.78 is 2.10. The van der Waals surface area contributed by atoms with E-state index in [0.717, 1.165) is 31.5 Å². The SMILES string of the molecule is CCNCC1CCN(c2nccn2C)CC1. The molecule has 4 nitrogen and oxygen atoms in total. The Morgan fingerprint density at radius 2 is 2.19 bits per heavy atom. The van der Waals surface area contributed by atoms with Crippen LogP contribution < -0.4 is 10.2 Å². The normalized spacial score (nSPS) is 18.0. The molecule has 1 aromatic heterocycles. The molecular weight excluding hydrogens is 200 g/mol. The molecular formula is C12H22N4. The van der Waals surface area contributed by atoms with Crippen LogP contribution in [0.2, 0.25) is 0 Å². The minimum Gasteiger partial charge on any atom is -0.342 e. The van der Waals surface area contributed by atoms with Crippen LogP contribution >= 0.6 is 0 Å². The Kier molecular flexibility index (Phi) is 3.83. The molecule has 0 atom stereocenters. The number of hydrogen-bond donors (Lipinski definition) is 1. The van der Waals surface area contributed by atoms with Gasteiger partial charge in [-0.25, -0.2) is 4.98 Å². The number of rotatable bonds is 4. The molecule has 1 aliphatic rings. The van der Waals surface area contributed by atoms with Crippen molar-refractivity contribution in [3.05, 3.63) is 12.4 Å². The number of aromatic nitrogens is 2. The van der Waals surface area contributed by atoms with Crippen LogP contribution in [0, 0.1) is 5.92 Å². The van der Waals surface area contributed by atoms with Crippen LogP contribution in [0.4, 0.5) is 5.95 Å². The molecule has 0 unspecified atom stereocenters. The first-order valence-electron chi connectivity index (χ1n) is 6.24. The summed E-state index contributed by atoms with van der Waals surface area (Å²) in [5.74, 6) is 1.96. The Balaban J connectivity index is 1.83. The molecule has 0 aliphatic carbocycles. The van der Waals surface area contributed by atoms with Crippen molar-refractivity contribution >= 4 is 5.95 Å². The van der Waals surface area contributed by atoms with Crippen LogP contribution in [0.25, 0.3) is 0 Å². The van der Waals surface area contributed by atoms with E-state index < -0.39 is 0 Å². The molecule has 0 aromatic carbocycles. The largest absolute Gasteiger partial charge is 0.342 e. The maximum Gasteiger partial charge on any atom is 0.205 e. The van der Waals surface area contributed by atoms with Gasteiger partial charge in [-0.05, 0) is 31.8 Å². The lowest BCUT2D eigenvalue weighted by molar-refractivity contribution is 0.383. The monoisotopic (exact) mass is 222 g/mol. The van der Waals surface area contributed by atoms with Gasteiger partial charge in [-0.15, -0.1) is 0 Å². The number of aryl methyl sites for hydroxylation is 1. The highest BCUT2D eigenvalue weighted by Gasteiger charge is 2.20. The Morgan fingerprint density at radius 3 is 2.75 bits per heavy atom. The minimum absolute atomic E-state index is 0.844. The Bertz CT molecular complexity index is 313. The predicted octanol–water partition coefficient (Wildman–Crippen LogP) is 1.25. The third-order valence-corrected chi connectivity index (χ3v) is 3.38. The Hall–Kier alpha value is -1.03. The lowest BCUT2D eigenvalue weighted by Gasteiger charge is -2.32. The molecule has 16 heavy (non-hydrogen) atoms. The van der Waals surface area contributed by atoms with Crippen molar-refractivity contribution in [2.75, 3.05) is 31.1 Å². The van der Waals surface area contributed by atoms with Gasteiger partial charge in [-0.3, -0.25) is 0 Å². The van der Waals surface area contributed by atoms with Crippen LogP contribution in [0.3, 0.4) is 0 Å². The van der Waals surface area contributed by atoms with Gasteiger partial charge in [0.2, 0.25) is 5.95 Å². The van der Waals surface area contributed by atoms with Crippen molar-refractivity contribution in [1.82, 2.24) is 14.9 Å². The molecule has 0 amide bonds. The summed E-state index contributed by atoms with van der Waals surface area (Å²) >= 11 is 0. The number of imidazole rings is 1.